The number of hydrogen-bond donors (Lipinski definition) is 1. The Labute approximate surface area is 154 Å². The molecule has 1 aromatic carbocycles. The van der Waals surface area contributed by atoms with Crippen LogP contribution in [0.4, 0.5) is 5.69 Å². The van der Waals surface area contributed by atoms with Gasteiger partial charge in [-0.3, -0.25) is 14.4 Å². The molecule has 6 nitrogen and oxygen atoms in total. The molecule has 0 aliphatic rings. The second-order valence-corrected chi connectivity index (χ2v) is 5.99. The van der Waals surface area contributed by atoms with E-state index in [2.05, 4.69) is 4.99 Å². The summed E-state index contributed by atoms with van der Waals surface area (Å²) in [6.45, 7) is 1.61. The van der Waals surface area contributed by atoms with Crippen molar-refractivity contribution in [2.45, 2.75) is 13.5 Å². The Kier molecular flexibility index (Phi) is 4.92. The summed E-state index contributed by atoms with van der Waals surface area (Å²) in [4.78, 5) is 16.8. The van der Waals surface area contributed by atoms with Crippen LogP contribution in [0.25, 0.3) is 0 Å². The van der Waals surface area contributed by atoms with Crippen molar-refractivity contribution in [1.29, 1.82) is 5.26 Å². The predicted octanol–water partition coefficient (Wildman–Crippen LogP) is 3.78. The van der Waals surface area contributed by atoms with Crippen LogP contribution in [0.5, 0.6) is 5.88 Å². The number of aromatic nitrogens is 1. The van der Waals surface area contributed by atoms with Gasteiger partial charge in [0, 0.05) is 11.2 Å². The van der Waals surface area contributed by atoms with Crippen molar-refractivity contribution in [1.82, 2.24) is 4.57 Å². The molecule has 1 N–H and O–H groups in total. The third-order valence-corrected chi connectivity index (χ3v) is 4.16. The Bertz CT molecular complexity index is 1060. The number of pyridine rings is 1. The summed E-state index contributed by atoms with van der Waals surface area (Å²) < 4.78 is 6.32. The number of nitrogens with zero attached hydrogens (tertiary/aromatic N) is 3. The van der Waals surface area contributed by atoms with E-state index in [1.54, 1.807) is 43.3 Å². The standard InChI is InChI=1S/C19H14ClN3O3/c1-12-16(9-21)18(24)23(11-15-3-2-8-26-15)19(25)17(12)10-22-14-6-4-13(20)5-7-14/h2-8,10,25H,11H2,1H3. The predicted molar refractivity (Wildman–Crippen MR) is 98.3 cm³/mol. The van der Waals surface area contributed by atoms with E-state index in [9.17, 15) is 15.2 Å². The van der Waals surface area contributed by atoms with Crippen molar-refractivity contribution >= 4 is 23.5 Å². The second-order valence-electron chi connectivity index (χ2n) is 5.55. The Morgan fingerprint density at radius 3 is 2.69 bits per heavy atom. The van der Waals surface area contributed by atoms with Gasteiger partial charge in [-0.25, -0.2) is 0 Å². The third-order valence-electron chi connectivity index (χ3n) is 3.91. The molecule has 0 aliphatic heterocycles. The maximum atomic E-state index is 12.5. The summed E-state index contributed by atoms with van der Waals surface area (Å²) in [5, 5.41) is 20.5. The molecule has 0 spiro atoms. The summed E-state index contributed by atoms with van der Waals surface area (Å²) in [6, 6.07) is 12.1. The first-order chi connectivity index (χ1) is 12.5. The zero-order valence-corrected chi connectivity index (χ0v) is 14.6. The summed E-state index contributed by atoms with van der Waals surface area (Å²) >= 11 is 5.85. The lowest BCUT2D eigenvalue weighted by molar-refractivity contribution is 0.397. The lowest BCUT2D eigenvalue weighted by Crippen LogP contribution is -2.25. The zero-order chi connectivity index (χ0) is 18.7. The molecule has 2 heterocycles. The van der Waals surface area contributed by atoms with Crippen molar-refractivity contribution in [2.24, 2.45) is 4.99 Å². The average Bonchev–Trinajstić information content (AvgIpc) is 3.14. The molecular weight excluding hydrogens is 354 g/mol. The lowest BCUT2D eigenvalue weighted by atomic mass is 10.1. The van der Waals surface area contributed by atoms with Crippen molar-refractivity contribution in [2.75, 3.05) is 0 Å². The highest BCUT2D eigenvalue weighted by Gasteiger charge is 2.18. The van der Waals surface area contributed by atoms with Crippen LogP contribution in [-0.4, -0.2) is 15.9 Å². The van der Waals surface area contributed by atoms with Crippen LogP contribution in [0.2, 0.25) is 5.02 Å². The largest absolute Gasteiger partial charge is 0.494 e. The highest BCUT2D eigenvalue weighted by Crippen LogP contribution is 2.23. The first kappa shape index (κ1) is 17.5. The maximum absolute atomic E-state index is 12.5. The summed E-state index contributed by atoms with van der Waals surface area (Å²) in [6.07, 6.45) is 2.90. The number of halogens is 1. The lowest BCUT2D eigenvalue weighted by Gasteiger charge is -2.13. The van der Waals surface area contributed by atoms with Crippen LogP contribution in [-0.2, 0) is 6.54 Å². The molecule has 0 atom stereocenters. The van der Waals surface area contributed by atoms with E-state index in [1.165, 1.54) is 12.5 Å². The molecule has 0 radical (unpaired) electrons. The fourth-order valence-corrected chi connectivity index (χ4v) is 2.62. The van der Waals surface area contributed by atoms with Gasteiger partial charge in [0.1, 0.15) is 17.4 Å². The molecule has 130 valence electrons. The van der Waals surface area contributed by atoms with E-state index < -0.39 is 5.56 Å². The second kappa shape index (κ2) is 7.30. The fourth-order valence-electron chi connectivity index (χ4n) is 2.50. The topological polar surface area (TPSA) is 91.5 Å². The molecule has 0 amide bonds. The number of aromatic hydroxyl groups is 1. The number of benzene rings is 1. The van der Waals surface area contributed by atoms with E-state index in [1.807, 2.05) is 6.07 Å². The Morgan fingerprint density at radius 2 is 2.08 bits per heavy atom. The van der Waals surface area contributed by atoms with E-state index in [-0.39, 0.29) is 18.0 Å². The Hall–Kier alpha value is -3.30. The van der Waals surface area contributed by atoms with Gasteiger partial charge in [-0.15, -0.1) is 0 Å². The van der Waals surface area contributed by atoms with Gasteiger partial charge < -0.3 is 9.52 Å². The van der Waals surface area contributed by atoms with E-state index in [4.69, 9.17) is 16.0 Å². The van der Waals surface area contributed by atoms with Crippen LogP contribution in [0.15, 0.2) is 56.9 Å². The molecule has 3 rings (SSSR count). The number of hydrogen-bond acceptors (Lipinski definition) is 5. The van der Waals surface area contributed by atoms with Gasteiger partial charge in [0.15, 0.2) is 0 Å². The van der Waals surface area contributed by atoms with Crippen molar-refractivity contribution < 1.29 is 9.52 Å². The molecule has 0 bridgehead atoms. The molecule has 0 unspecified atom stereocenters. The number of aliphatic imine (C=N–C) groups is 1. The van der Waals surface area contributed by atoms with Gasteiger partial charge in [0.2, 0.25) is 5.88 Å². The van der Waals surface area contributed by atoms with Crippen LogP contribution in [0.1, 0.15) is 22.5 Å². The van der Waals surface area contributed by atoms with Gasteiger partial charge in [-0.05, 0) is 48.9 Å². The van der Waals surface area contributed by atoms with Crippen LogP contribution in [0.3, 0.4) is 0 Å². The van der Waals surface area contributed by atoms with E-state index >= 15 is 0 Å². The molecule has 26 heavy (non-hydrogen) atoms. The van der Waals surface area contributed by atoms with E-state index in [0.717, 1.165) is 4.57 Å². The molecule has 2 aromatic heterocycles. The normalized spacial score (nSPS) is 11.0. The quantitative estimate of drug-likeness (QED) is 0.710. The monoisotopic (exact) mass is 367 g/mol. The molecule has 3 aromatic rings. The molecule has 7 heteroatoms. The Balaban J connectivity index is 2.10. The van der Waals surface area contributed by atoms with Crippen LogP contribution in [0, 0.1) is 18.3 Å². The van der Waals surface area contributed by atoms with Crippen LogP contribution >= 0.6 is 11.6 Å². The smallest absolute Gasteiger partial charge is 0.271 e. The van der Waals surface area contributed by atoms with Crippen LogP contribution < -0.4 is 5.56 Å². The van der Waals surface area contributed by atoms with Crippen molar-refractivity contribution in [3.8, 4) is 11.9 Å². The molecule has 0 fully saturated rings. The van der Waals surface area contributed by atoms with Gasteiger partial charge in [0.05, 0.1) is 24.1 Å². The Morgan fingerprint density at radius 1 is 1.35 bits per heavy atom. The summed E-state index contributed by atoms with van der Waals surface area (Å²) in [5.74, 6) is 0.205. The average molecular weight is 368 g/mol. The summed E-state index contributed by atoms with van der Waals surface area (Å²) in [7, 11) is 0. The zero-order valence-electron chi connectivity index (χ0n) is 13.8. The third kappa shape index (κ3) is 3.39. The highest BCUT2D eigenvalue weighted by molar-refractivity contribution is 6.30. The summed E-state index contributed by atoms with van der Waals surface area (Å²) in [5.41, 5.74) is 0.649. The van der Waals surface area contributed by atoms with E-state index in [0.29, 0.717) is 27.6 Å². The number of nitriles is 1. The van der Waals surface area contributed by atoms with Gasteiger partial charge in [-0.2, -0.15) is 5.26 Å². The minimum Gasteiger partial charge on any atom is -0.494 e. The molecule has 0 aliphatic carbocycles. The fraction of sp³-hybridized carbons (Fsp3) is 0.105. The molecule has 0 saturated heterocycles. The van der Waals surface area contributed by atoms with Gasteiger partial charge in [0.25, 0.3) is 5.56 Å². The first-order valence-corrected chi connectivity index (χ1v) is 8.07. The highest BCUT2D eigenvalue weighted by atomic mass is 35.5. The first-order valence-electron chi connectivity index (χ1n) is 7.69. The van der Waals surface area contributed by atoms with Gasteiger partial charge >= 0.3 is 0 Å². The number of rotatable bonds is 4. The van der Waals surface area contributed by atoms with Crippen molar-refractivity contribution in [3.63, 3.8) is 0 Å². The van der Waals surface area contributed by atoms with Gasteiger partial charge in [-0.1, -0.05) is 11.6 Å². The SMILES string of the molecule is Cc1c(C=Nc2ccc(Cl)cc2)c(O)n(Cc2ccco2)c(=O)c1C#N. The van der Waals surface area contributed by atoms with Crippen molar-refractivity contribution in [3.05, 3.63) is 80.5 Å². The molecule has 0 saturated carbocycles. The minimum absolute atomic E-state index is 0.00834. The molecular formula is C19H14ClN3O3. The minimum atomic E-state index is -0.581. The maximum Gasteiger partial charge on any atom is 0.271 e. The number of furan rings is 1.